The lowest BCUT2D eigenvalue weighted by atomic mass is 9.71. The van der Waals surface area contributed by atoms with Crippen molar-refractivity contribution in [2.75, 3.05) is 7.05 Å². The molecule has 0 bridgehead atoms. The van der Waals surface area contributed by atoms with Gasteiger partial charge in [0.1, 0.15) is 13.0 Å². The number of para-hydroxylation sites is 3. The number of fused-ring (bicyclic) bond motifs is 2. The minimum absolute atomic E-state index is 0.103. The molecular weight excluding hydrogens is 420 g/mol. The van der Waals surface area contributed by atoms with E-state index in [1.165, 1.54) is 5.56 Å². The molecule has 166 valence electrons. The molecule has 4 nitrogen and oxygen atoms in total. The van der Waals surface area contributed by atoms with Crippen LogP contribution in [0.3, 0.4) is 0 Å². The molecule has 0 atom stereocenters. The van der Waals surface area contributed by atoms with Gasteiger partial charge in [-0.1, -0.05) is 54.6 Å². The second kappa shape index (κ2) is 7.22. The van der Waals surface area contributed by atoms with Gasteiger partial charge in [-0.05, 0) is 37.6 Å². The minimum Gasteiger partial charge on any atom is -0.316 e. The fourth-order valence-electron chi connectivity index (χ4n) is 5.53. The smallest absolute Gasteiger partial charge is 0.209 e. The van der Waals surface area contributed by atoms with E-state index in [-0.39, 0.29) is 17.0 Å². The predicted molar refractivity (Wildman–Crippen MR) is 134 cm³/mol. The summed E-state index contributed by atoms with van der Waals surface area (Å²) in [6, 6.07) is 26.2. The molecule has 0 N–H and O–H groups in total. The first-order valence-corrected chi connectivity index (χ1v) is 11.6. The normalized spacial score (nSPS) is 18.9. The van der Waals surface area contributed by atoms with Crippen molar-refractivity contribution in [2.24, 2.45) is 0 Å². The van der Waals surface area contributed by atoms with Gasteiger partial charge in [-0.2, -0.15) is 4.58 Å². The number of ketones is 2. The number of nitrogens with zero attached hydrogens (tertiary/aromatic N) is 2. The van der Waals surface area contributed by atoms with Crippen LogP contribution in [0.1, 0.15) is 30.9 Å². The SMILES string of the molecule is C[N+]1=C(C=C2C(=O)C(c3cn(-c4ccccc4)c4ccccc34)C2=O)C(C)(C)c2ccccc21. The highest BCUT2D eigenvalue weighted by molar-refractivity contribution is 6.43. The van der Waals surface area contributed by atoms with E-state index in [0.717, 1.165) is 33.6 Å². The molecule has 0 spiro atoms. The molecule has 2 heterocycles. The largest absolute Gasteiger partial charge is 0.316 e. The van der Waals surface area contributed by atoms with Crippen LogP contribution in [0.15, 0.2) is 96.7 Å². The van der Waals surface area contributed by atoms with Crippen molar-refractivity contribution >= 4 is 33.9 Å². The second-order valence-electron chi connectivity index (χ2n) is 9.61. The number of rotatable bonds is 3. The van der Waals surface area contributed by atoms with Crippen molar-refractivity contribution in [1.29, 1.82) is 0 Å². The third-order valence-electron chi connectivity index (χ3n) is 7.36. The Kier molecular flexibility index (Phi) is 4.37. The molecule has 1 aliphatic heterocycles. The van der Waals surface area contributed by atoms with Crippen LogP contribution in [-0.2, 0) is 15.0 Å². The van der Waals surface area contributed by atoms with E-state index in [1.807, 2.05) is 86.1 Å². The van der Waals surface area contributed by atoms with Gasteiger partial charge in [-0.25, -0.2) is 0 Å². The van der Waals surface area contributed by atoms with E-state index in [9.17, 15) is 9.59 Å². The number of hydrogen-bond donors (Lipinski definition) is 0. The Morgan fingerprint density at radius 1 is 0.853 bits per heavy atom. The van der Waals surface area contributed by atoms with Crippen LogP contribution < -0.4 is 0 Å². The van der Waals surface area contributed by atoms with E-state index < -0.39 is 5.92 Å². The summed E-state index contributed by atoms with van der Waals surface area (Å²) in [5.74, 6) is -0.957. The maximum absolute atomic E-state index is 13.4. The molecule has 2 aliphatic rings. The molecule has 1 fully saturated rings. The molecule has 4 heteroatoms. The minimum atomic E-state index is -0.751. The quantitative estimate of drug-likeness (QED) is 0.181. The summed E-state index contributed by atoms with van der Waals surface area (Å²) in [6.45, 7) is 4.28. The predicted octanol–water partition coefficient (Wildman–Crippen LogP) is 5.50. The van der Waals surface area contributed by atoms with E-state index >= 15 is 0 Å². The molecule has 1 aromatic heterocycles. The molecular formula is C30H25N2O2+. The summed E-state index contributed by atoms with van der Waals surface area (Å²) >= 11 is 0. The van der Waals surface area contributed by atoms with Crippen molar-refractivity contribution in [3.8, 4) is 5.69 Å². The summed E-state index contributed by atoms with van der Waals surface area (Å²) in [5.41, 5.74) is 6.06. The summed E-state index contributed by atoms with van der Waals surface area (Å²) in [7, 11) is 2.00. The van der Waals surface area contributed by atoms with Crippen molar-refractivity contribution in [1.82, 2.24) is 4.57 Å². The zero-order valence-electron chi connectivity index (χ0n) is 19.4. The van der Waals surface area contributed by atoms with Gasteiger partial charge in [0.25, 0.3) is 0 Å². The lowest BCUT2D eigenvalue weighted by Gasteiger charge is -2.26. The first kappa shape index (κ1) is 20.5. The number of carbonyl (C=O) groups is 2. The van der Waals surface area contributed by atoms with Crippen LogP contribution in [0.5, 0.6) is 0 Å². The first-order valence-electron chi connectivity index (χ1n) is 11.6. The topological polar surface area (TPSA) is 42.1 Å². The maximum atomic E-state index is 13.4. The zero-order chi connectivity index (χ0) is 23.6. The number of aromatic nitrogens is 1. The van der Waals surface area contributed by atoms with Crippen molar-refractivity contribution in [2.45, 2.75) is 25.2 Å². The monoisotopic (exact) mass is 445 g/mol. The Hall–Kier alpha value is -4.05. The fourth-order valence-corrected chi connectivity index (χ4v) is 5.53. The van der Waals surface area contributed by atoms with Crippen LogP contribution in [0.2, 0.25) is 0 Å². The Balaban J connectivity index is 1.41. The standard InChI is InChI=1S/C30H25N2O2/c1-30(2)23-14-8-10-16-25(23)31(3)26(30)17-21-28(33)27(29(21)34)22-18-32(19-11-5-4-6-12-19)24-15-9-7-13-20(22)24/h4-18,27H,1-3H3/q+1. The lowest BCUT2D eigenvalue weighted by molar-refractivity contribution is -0.401. The highest BCUT2D eigenvalue weighted by Crippen LogP contribution is 2.43. The number of hydrogen-bond acceptors (Lipinski definition) is 2. The van der Waals surface area contributed by atoms with Gasteiger partial charge in [0, 0.05) is 35.0 Å². The van der Waals surface area contributed by atoms with Crippen LogP contribution in [0, 0.1) is 0 Å². The van der Waals surface area contributed by atoms with Crippen molar-refractivity contribution < 1.29 is 14.2 Å². The summed E-state index contributed by atoms with van der Waals surface area (Å²) in [6.07, 6.45) is 3.77. The van der Waals surface area contributed by atoms with E-state index in [0.29, 0.717) is 5.57 Å². The van der Waals surface area contributed by atoms with Crippen LogP contribution in [0.25, 0.3) is 16.6 Å². The highest BCUT2D eigenvalue weighted by atomic mass is 16.2. The molecule has 34 heavy (non-hydrogen) atoms. The van der Waals surface area contributed by atoms with Gasteiger partial charge in [0.15, 0.2) is 17.3 Å². The number of Topliss-reactive ketones (excluding diaryl/α,β-unsaturated/α-hetero) is 2. The van der Waals surface area contributed by atoms with Gasteiger partial charge in [-0.3, -0.25) is 9.59 Å². The Morgan fingerprint density at radius 2 is 1.50 bits per heavy atom. The Bertz CT molecular complexity index is 1550. The molecule has 4 aromatic rings. The van der Waals surface area contributed by atoms with E-state index in [2.05, 4.69) is 35.1 Å². The molecule has 3 aromatic carbocycles. The van der Waals surface area contributed by atoms with Crippen molar-refractivity contribution in [3.63, 3.8) is 0 Å². The first-order chi connectivity index (χ1) is 16.4. The average Bonchev–Trinajstić information content (AvgIpc) is 3.32. The van der Waals surface area contributed by atoms with E-state index in [1.54, 1.807) is 0 Å². The maximum Gasteiger partial charge on any atom is 0.209 e. The molecule has 1 aliphatic carbocycles. The highest BCUT2D eigenvalue weighted by Gasteiger charge is 2.49. The number of benzene rings is 3. The third-order valence-corrected chi connectivity index (χ3v) is 7.36. The lowest BCUT2D eigenvalue weighted by Crippen LogP contribution is -2.40. The molecule has 1 saturated carbocycles. The third kappa shape index (κ3) is 2.75. The molecule has 6 rings (SSSR count). The van der Waals surface area contributed by atoms with Crippen LogP contribution in [-0.4, -0.2) is 33.5 Å². The van der Waals surface area contributed by atoms with Gasteiger partial charge >= 0.3 is 0 Å². The average molecular weight is 446 g/mol. The number of carbonyl (C=O) groups excluding carboxylic acids is 2. The Labute approximate surface area is 198 Å². The van der Waals surface area contributed by atoms with Gasteiger partial charge in [0.2, 0.25) is 5.69 Å². The van der Waals surface area contributed by atoms with Crippen molar-refractivity contribution in [3.05, 3.63) is 108 Å². The van der Waals surface area contributed by atoms with Gasteiger partial charge < -0.3 is 4.57 Å². The van der Waals surface area contributed by atoms with Gasteiger partial charge in [-0.15, -0.1) is 0 Å². The molecule has 0 unspecified atom stereocenters. The summed E-state index contributed by atoms with van der Waals surface area (Å²) in [4.78, 5) is 26.8. The fraction of sp³-hybridized carbons (Fsp3) is 0.167. The Morgan fingerprint density at radius 3 is 2.24 bits per heavy atom. The van der Waals surface area contributed by atoms with Crippen LogP contribution in [0.4, 0.5) is 5.69 Å². The molecule has 0 saturated heterocycles. The zero-order valence-corrected chi connectivity index (χ0v) is 19.4. The second-order valence-corrected chi connectivity index (χ2v) is 9.61. The van der Waals surface area contributed by atoms with E-state index in [4.69, 9.17) is 0 Å². The molecule has 0 radical (unpaired) electrons. The number of allylic oxidation sites excluding steroid dienone is 2. The summed E-state index contributed by atoms with van der Waals surface area (Å²) in [5, 5.41) is 0.940. The summed E-state index contributed by atoms with van der Waals surface area (Å²) < 4.78 is 4.16. The van der Waals surface area contributed by atoms with Crippen LogP contribution >= 0.6 is 0 Å². The van der Waals surface area contributed by atoms with Gasteiger partial charge in [0.05, 0.1) is 16.5 Å². The molecule has 0 amide bonds.